The number of hydrogen-bond donors (Lipinski definition) is 0. The highest BCUT2D eigenvalue weighted by Crippen LogP contribution is 2.11. The summed E-state index contributed by atoms with van der Waals surface area (Å²) in [5, 5.41) is 0. The topological polar surface area (TPSA) is 0 Å². The van der Waals surface area contributed by atoms with Gasteiger partial charge < -0.3 is 0 Å². The van der Waals surface area contributed by atoms with E-state index in [-0.39, 0.29) is 0 Å². The van der Waals surface area contributed by atoms with Gasteiger partial charge in [0.2, 0.25) is 0 Å². The van der Waals surface area contributed by atoms with Crippen molar-refractivity contribution in [2.24, 2.45) is 0 Å². The van der Waals surface area contributed by atoms with Gasteiger partial charge in [0.25, 0.3) is 0 Å². The predicted molar refractivity (Wildman–Crippen MR) is 33.9 cm³/mol. The van der Waals surface area contributed by atoms with Crippen molar-refractivity contribution in [3.63, 3.8) is 0 Å². The molecule has 1 heteroatoms. The van der Waals surface area contributed by atoms with Gasteiger partial charge in [-0.15, -0.1) is 15.2 Å². The van der Waals surface area contributed by atoms with Crippen molar-refractivity contribution < 1.29 is 0 Å². The van der Waals surface area contributed by atoms with Crippen LogP contribution in [0.3, 0.4) is 0 Å². The fraction of sp³-hybridized carbons (Fsp3) is 0.600. The average Bonchev–Trinajstić information content (AvgIpc) is 1.65. The molecule has 0 saturated carbocycles. The molecule has 0 nitrogen and oxygen atoms in total. The minimum absolute atomic E-state index is 0.727. The zero-order chi connectivity index (χ0) is 4.99. The third-order valence-electron chi connectivity index (χ3n) is 0.809. The fourth-order valence-corrected chi connectivity index (χ4v) is 0.354. The Balaban J connectivity index is 2.96. The van der Waals surface area contributed by atoms with Crippen molar-refractivity contribution in [3.05, 3.63) is 12.7 Å². The third kappa shape index (κ3) is 2.41. The Morgan fingerprint density at radius 1 is 1.83 bits per heavy atom. The van der Waals surface area contributed by atoms with Crippen molar-refractivity contribution in [1.29, 1.82) is 0 Å². The van der Waals surface area contributed by atoms with Gasteiger partial charge in [-0.3, -0.25) is 0 Å². The summed E-state index contributed by atoms with van der Waals surface area (Å²) in [6.07, 6.45) is 1.98. The maximum absolute atomic E-state index is 3.64. The van der Waals surface area contributed by atoms with Gasteiger partial charge in [0.1, 0.15) is 0 Å². The molecule has 0 spiro atoms. The van der Waals surface area contributed by atoms with Crippen LogP contribution in [-0.4, -0.2) is 12.3 Å². The molecule has 0 aromatic heterocycles. The summed E-state index contributed by atoms with van der Waals surface area (Å²) in [5.41, 5.74) is 0.727. The fourth-order valence-electron chi connectivity index (χ4n) is 0.118. The lowest BCUT2D eigenvalue weighted by atomic mass is 10.5. The van der Waals surface area contributed by atoms with Crippen LogP contribution in [0, 0.1) is 0 Å². The Morgan fingerprint density at radius 2 is 2.33 bits per heavy atom. The SMILES string of the molecule is C=CC(C)PC. The van der Waals surface area contributed by atoms with Crippen LogP contribution in [0.5, 0.6) is 0 Å². The van der Waals surface area contributed by atoms with E-state index in [2.05, 4.69) is 20.2 Å². The Morgan fingerprint density at radius 3 is 2.33 bits per heavy atom. The zero-order valence-corrected chi connectivity index (χ0v) is 5.36. The van der Waals surface area contributed by atoms with Crippen molar-refractivity contribution in [2.75, 3.05) is 6.66 Å². The van der Waals surface area contributed by atoms with Gasteiger partial charge in [-0.1, -0.05) is 13.0 Å². The summed E-state index contributed by atoms with van der Waals surface area (Å²) in [6.45, 7) is 8.00. The molecule has 0 aliphatic heterocycles. The zero-order valence-electron chi connectivity index (χ0n) is 4.36. The molecule has 0 fully saturated rings. The summed E-state index contributed by atoms with van der Waals surface area (Å²) >= 11 is 0. The molecule has 6 heavy (non-hydrogen) atoms. The Labute approximate surface area is 41.4 Å². The molecule has 2 atom stereocenters. The van der Waals surface area contributed by atoms with Crippen LogP contribution >= 0.6 is 8.58 Å². The first-order valence-corrected chi connectivity index (χ1v) is 3.68. The van der Waals surface area contributed by atoms with Crippen LogP contribution in [0.2, 0.25) is 0 Å². The molecule has 0 bridgehead atoms. The van der Waals surface area contributed by atoms with E-state index in [9.17, 15) is 0 Å². The van der Waals surface area contributed by atoms with Gasteiger partial charge in [0.15, 0.2) is 0 Å². The van der Waals surface area contributed by atoms with Crippen molar-refractivity contribution >= 4 is 8.58 Å². The molecule has 0 saturated heterocycles. The Kier molecular flexibility index (Phi) is 3.46. The lowest BCUT2D eigenvalue weighted by Crippen LogP contribution is -1.80. The lowest BCUT2D eigenvalue weighted by Gasteiger charge is -1.94. The summed E-state index contributed by atoms with van der Waals surface area (Å²) in [7, 11) is 1.01. The van der Waals surface area contributed by atoms with Gasteiger partial charge in [-0.2, -0.15) is 0 Å². The van der Waals surface area contributed by atoms with Gasteiger partial charge in [-0.05, 0) is 12.3 Å². The van der Waals surface area contributed by atoms with Crippen LogP contribution in [0.4, 0.5) is 0 Å². The van der Waals surface area contributed by atoms with Crippen molar-refractivity contribution in [3.8, 4) is 0 Å². The summed E-state index contributed by atoms with van der Waals surface area (Å²) in [4.78, 5) is 0. The molecule has 0 aliphatic rings. The molecule has 0 aliphatic carbocycles. The summed E-state index contributed by atoms with van der Waals surface area (Å²) in [5.74, 6) is 0. The molecular weight excluding hydrogens is 91.0 g/mol. The second-order valence-electron chi connectivity index (χ2n) is 1.31. The monoisotopic (exact) mass is 102 g/mol. The maximum Gasteiger partial charge on any atom is -0.00907 e. The van der Waals surface area contributed by atoms with Gasteiger partial charge in [0, 0.05) is 0 Å². The van der Waals surface area contributed by atoms with Crippen molar-refractivity contribution in [2.45, 2.75) is 12.6 Å². The molecule has 0 N–H and O–H groups in total. The summed E-state index contributed by atoms with van der Waals surface area (Å²) < 4.78 is 0. The molecule has 0 amide bonds. The molecular formula is C5H11P. The van der Waals surface area contributed by atoms with Crippen molar-refractivity contribution in [1.82, 2.24) is 0 Å². The maximum atomic E-state index is 3.64. The van der Waals surface area contributed by atoms with Crippen LogP contribution in [0.25, 0.3) is 0 Å². The minimum Gasteiger partial charge on any atom is -0.118 e. The van der Waals surface area contributed by atoms with E-state index in [1.807, 2.05) is 6.08 Å². The Bertz CT molecular complexity index is 41.2. The molecule has 0 rings (SSSR count). The van der Waals surface area contributed by atoms with Crippen LogP contribution in [0.15, 0.2) is 12.7 Å². The molecule has 36 valence electrons. The largest absolute Gasteiger partial charge is 0.118 e. The first-order valence-electron chi connectivity index (χ1n) is 2.11. The van der Waals surface area contributed by atoms with Gasteiger partial charge in [0.05, 0.1) is 0 Å². The number of rotatable bonds is 2. The first-order chi connectivity index (χ1) is 2.81. The van der Waals surface area contributed by atoms with Gasteiger partial charge in [-0.25, -0.2) is 0 Å². The average molecular weight is 102 g/mol. The minimum atomic E-state index is 0.727. The molecule has 0 radical (unpaired) electrons. The lowest BCUT2D eigenvalue weighted by molar-refractivity contribution is 1.25. The number of allylic oxidation sites excluding steroid dienone is 1. The highest BCUT2D eigenvalue weighted by molar-refractivity contribution is 7.38. The standard InChI is InChI=1S/C5H11P/c1-4-5(2)6-3/h4-6H,1H2,2-3H3. The molecule has 0 aromatic carbocycles. The van der Waals surface area contributed by atoms with Crippen LogP contribution < -0.4 is 0 Å². The normalized spacial score (nSPS) is 15.7. The van der Waals surface area contributed by atoms with E-state index in [0.29, 0.717) is 0 Å². The quantitative estimate of drug-likeness (QED) is 0.369. The van der Waals surface area contributed by atoms with E-state index in [1.165, 1.54) is 0 Å². The molecule has 0 aromatic rings. The number of hydrogen-bond acceptors (Lipinski definition) is 0. The van der Waals surface area contributed by atoms with Crippen LogP contribution in [-0.2, 0) is 0 Å². The van der Waals surface area contributed by atoms with Crippen LogP contribution in [0.1, 0.15) is 6.92 Å². The predicted octanol–water partition coefficient (Wildman–Crippen LogP) is 1.87. The van der Waals surface area contributed by atoms with E-state index < -0.39 is 0 Å². The van der Waals surface area contributed by atoms with E-state index in [4.69, 9.17) is 0 Å². The first kappa shape index (κ1) is 6.17. The Hall–Kier alpha value is 0.170. The second kappa shape index (κ2) is 3.36. The summed E-state index contributed by atoms with van der Waals surface area (Å²) in [6, 6.07) is 0. The highest BCUT2D eigenvalue weighted by Gasteiger charge is 1.83. The smallest absolute Gasteiger partial charge is 0.00907 e. The second-order valence-corrected chi connectivity index (χ2v) is 2.80. The highest BCUT2D eigenvalue weighted by atomic mass is 31.1. The van der Waals surface area contributed by atoms with E-state index >= 15 is 0 Å². The van der Waals surface area contributed by atoms with Gasteiger partial charge >= 0.3 is 0 Å². The van der Waals surface area contributed by atoms with E-state index in [0.717, 1.165) is 14.2 Å². The molecule has 2 unspecified atom stereocenters. The third-order valence-corrected chi connectivity index (χ3v) is 1.96. The van der Waals surface area contributed by atoms with E-state index in [1.54, 1.807) is 0 Å². The molecule has 0 heterocycles.